The molecule has 2 heterocycles. The molecule has 2 aliphatic rings. The number of nitrogens with zero attached hydrogens (tertiary/aromatic N) is 3. The fourth-order valence-corrected chi connectivity index (χ4v) is 4.02. The minimum atomic E-state index is 0.182. The quantitative estimate of drug-likeness (QED) is 0.750. The molecule has 1 unspecified atom stereocenters. The standard InChI is InChI=1S/C14H14BrN3O/c15-9-4-5-12-11(8-9)10-2-1-3-13-14(10)17(12)6-7-18(13)16-19/h4-5,8,13H,1-3,6-7H2. The van der Waals surface area contributed by atoms with Gasteiger partial charge in [0.1, 0.15) is 0 Å². The first-order valence-corrected chi connectivity index (χ1v) is 7.49. The van der Waals surface area contributed by atoms with E-state index in [1.807, 2.05) is 0 Å². The zero-order valence-electron chi connectivity index (χ0n) is 10.5. The van der Waals surface area contributed by atoms with Crippen LogP contribution in [0.25, 0.3) is 10.9 Å². The topological polar surface area (TPSA) is 37.6 Å². The SMILES string of the molecule is O=NN1CCn2c3c(c4cc(Br)ccc42)CCCC31. The Morgan fingerprint density at radius 2 is 2.21 bits per heavy atom. The molecule has 0 fully saturated rings. The predicted molar refractivity (Wildman–Crippen MR) is 77.8 cm³/mol. The highest BCUT2D eigenvalue weighted by Gasteiger charge is 2.34. The Morgan fingerprint density at radius 1 is 1.32 bits per heavy atom. The number of hydrogen-bond acceptors (Lipinski definition) is 2. The van der Waals surface area contributed by atoms with E-state index in [0.29, 0.717) is 0 Å². The second-order valence-electron chi connectivity index (χ2n) is 5.33. The summed E-state index contributed by atoms with van der Waals surface area (Å²) in [6.45, 7) is 1.58. The van der Waals surface area contributed by atoms with Gasteiger partial charge in [-0.15, -0.1) is 4.91 Å². The van der Waals surface area contributed by atoms with Crippen LogP contribution >= 0.6 is 15.9 Å². The second kappa shape index (κ2) is 4.07. The van der Waals surface area contributed by atoms with E-state index in [2.05, 4.69) is 44.0 Å². The van der Waals surface area contributed by atoms with Crippen LogP contribution in [0, 0.1) is 4.91 Å². The summed E-state index contributed by atoms with van der Waals surface area (Å²) in [5.74, 6) is 0. The molecule has 0 radical (unpaired) electrons. The maximum Gasteiger partial charge on any atom is 0.0906 e. The molecule has 0 spiro atoms. The molecule has 0 N–H and O–H groups in total. The van der Waals surface area contributed by atoms with E-state index in [1.54, 1.807) is 5.01 Å². The summed E-state index contributed by atoms with van der Waals surface area (Å²) in [6, 6.07) is 6.66. The molecule has 1 atom stereocenters. The molecule has 0 saturated carbocycles. The number of halogens is 1. The molecular formula is C14H14BrN3O. The number of nitroso groups, excluding NO2 is 1. The zero-order valence-corrected chi connectivity index (χ0v) is 12.1. The molecule has 0 bridgehead atoms. The van der Waals surface area contributed by atoms with Crippen LogP contribution in [-0.2, 0) is 13.0 Å². The summed E-state index contributed by atoms with van der Waals surface area (Å²) in [6.07, 6.45) is 3.28. The van der Waals surface area contributed by atoms with E-state index >= 15 is 0 Å². The van der Waals surface area contributed by atoms with Crippen LogP contribution in [0.5, 0.6) is 0 Å². The number of aryl methyl sites for hydroxylation is 1. The van der Waals surface area contributed by atoms with Crippen molar-refractivity contribution in [3.8, 4) is 0 Å². The minimum Gasteiger partial charge on any atom is -0.340 e. The van der Waals surface area contributed by atoms with E-state index in [-0.39, 0.29) is 6.04 Å². The maximum absolute atomic E-state index is 11.0. The lowest BCUT2D eigenvalue weighted by atomic mass is 9.90. The van der Waals surface area contributed by atoms with Crippen molar-refractivity contribution in [1.82, 2.24) is 9.58 Å². The van der Waals surface area contributed by atoms with Crippen molar-refractivity contribution in [3.63, 3.8) is 0 Å². The number of benzene rings is 1. The van der Waals surface area contributed by atoms with Crippen molar-refractivity contribution in [1.29, 1.82) is 0 Å². The van der Waals surface area contributed by atoms with E-state index in [1.165, 1.54) is 22.2 Å². The van der Waals surface area contributed by atoms with Gasteiger partial charge in [0.25, 0.3) is 0 Å². The molecule has 2 aromatic rings. The summed E-state index contributed by atoms with van der Waals surface area (Å²) < 4.78 is 3.51. The van der Waals surface area contributed by atoms with Gasteiger partial charge in [0, 0.05) is 27.6 Å². The molecular weight excluding hydrogens is 306 g/mol. The minimum absolute atomic E-state index is 0.182. The Morgan fingerprint density at radius 3 is 3.05 bits per heavy atom. The van der Waals surface area contributed by atoms with Gasteiger partial charge in [0.2, 0.25) is 0 Å². The lowest BCUT2D eigenvalue weighted by molar-refractivity contribution is 0.144. The lowest BCUT2D eigenvalue weighted by Gasteiger charge is -2.36. The molecule has 4 rings (SSSR count). The Labute approximate surface area is 119 Å². The van der Waals surface area contributed by atoms with Gasteiger partial charge in [-0.2, -0.15) is 0 Å². The third-order valence-corrected chi connectivity index (χ3v) is 4.91. The Kier molecular flexibility index (Phi) is 2.45. The summed E-state index contributed by atoms with van der Waals surface area (Å²) in [5.41, 5.74) is 4.04. The van der Waals surface area contributed by atoms with E-state index in [9.17, 15) is 4.91 Å². The van der Waals surface area contributed by atoms with Gasteiger partial charge >= 0.3 is 0 Å². The van der Waals surface area contributed by atoms with Gasteiger partial charge in [-0.3, -0.25) is 5.01 Å². The highest BCUT2D eigenvalue weighted by molar-refractivity contribution is 9.10. The summed E-state index contributed by atoms with van der Waals surface area (Å²) in [4.78, 5) is 11.0. The third kappa shape index (κ3) is 1.51. The predicted octanol–water partition coefficient (Wildman–Crippen LogP) is 3.78. The fourth-order valence-electron chi connectivity index (χ4n) is 3.66. The monoisotopic (exact) mass is 319 g/mol. The number of aromatic nitrogens is 1. The Bertz CT molecular complexity index is 679. The van der Waals surface area contributed by atoms with Gasteiger partial charge in [0.05, 0.1) is 17.9 Å². The molecule has 1 aromatic carbocycles. The molecule has 0 saturated heterocycles. The van der Waals surface area contributed by atoms with Gasteiger partial charge in [-0.05, 0) is 43.0 Å². The van der Waals surface area contributed by atoms with Crippen LogP contribution in [0.1, 0.15) is 30.1 Å². The largest absolute Gasteiger partial charge is 0.340 e. The van der Waals surface area contributed by atoms with Gasteiger partial charge in [0.15, 0.2) is 0 Å². The van der Waals surface area contributed by atoms with E-state index < -0.39 is 0 Å². The smallest absolute Gasteiger partial charge is 0.0906 e. The Balaban J connectivity index is 2.04. The van der Waals surface area contributed by atoms with Gasteiger partial charge in [-0.25, -0.2) is 0 Å². The highest BCUT2D eigenvalue weighted by atomic mass is 79.9. The molecule has 1 aromatic heterocycles. The average molecular weight is 320 g/mol. The maximum atomic E-state index is 11.0. The first-order chi connectivity index (χ1) is 9.29. The molecule has 4 nitrogen and oxygen atoms in total. The van der Waals surface area contributed by atoms with Gasteiger partial charge < -0.3 is 4.57 Å². The van der Waals surface area contributed by atoms with Crippen molar-refractivity contribution in [2.75, 3.05) is 6.54 Å². The molecule has 98 valence electrons. The molecule has 0 amide bonds. The van der Waals surface area contributed by atoms with Crippen molar-refractivity contribution in [2.24, 2.45) is 5.29 Å². The molecule has 1 aliphatic carbocycles. The number of hydrogen-bond donors (Lipinski definition) is 0. The van der Waals surface area contributed by atoms with Gasteiger partial charge in [-0.1, -0.05) is 15.9 Å². The zero-order chi connectivity index (χ0) is 13.0. The summed E-state index contributed by atoms with van der Waals surface area (Å²) in [7, 11) is 0. The van der Waals surface area contributed by atoms with Crippen molar-refractivity contribution >= 4 is 26.8 Å². The number of fused-ring (bicyclic) bond motifs is 3. The van der Waals surface area contributed by atoms with Crippen LogP contribution in [0.4, 0.5) is 0 Å². The molecule has 19 heavy (non-hydrogen) atoms. The average Bonchev–Trinajstić information content (AvgIpc) is 2.75. The van der Waals surface area contributed by atoms with Crippen LogP contribution < -0.4 is 0 Å². The van der Waals surface area contributed by atoms with Crippen LogP contribution in [0.3, 0.4) is 0 Å². The lowest BCUT2D eigenvalue weighted by Crippen LogP contribution is -2.36. The highest BCUT2D eigenvalue weighted by Crippen LogP contribution is 2.43. The van der Waals surface area contributed by atoms with Crippen molar-refractivity contribution in [3.05, 3.63) is 38.8 Å². The third-order valence-electron chi connectivity index (χ3n) is 4.41. The fraction of sp³-hybridized carbons (Fsp3) is 0.429. The van der Waals surface area contributed by atoms with Crippen LogP contribution in [-0.4, -0.2) is 16.1 Å². The molecule has 1 aliphatic heterocycles. The van der Waals surface area contributed by atoms with Crippen molar-refractivity contribution in [2.45, 2.75) is 31.8 Å². The van der Waals surface area contributed by atoms with E-state index in [0.717, 1.165) is 36.8 Å². The van der Waals surface area contributed by atoms with Crippen LogP contribution in [0.2, 0.25) is 0 Å². The van der Waals surface area contributed by atoms with E-state index in [4.69, 9.17) is 0 Å². The summed E-state index contributed by atoms with van der Waals surface area (Å²) in [5, 5.41) is 6.29. The first-order valence-electron chi connectivity index (χ1n) is 6.70. The summed E-state index contributed by atoms with van der Waals surface area (Å²) >= 11 is 3.56. The van der Waals surface area contributed by atoms with Crippen LogP contribution in [0.15, 0.2) is 28.0 Å². The first kappa shape index (κ1) is 11.5. The normalized spacial score (nSPS) is 21.5. The van der Waals surface area contributed by atoms with Crippen molar-refractivity contribution < 1.29 is 0 Å². The number of rotatable bonds is 1. The molecule has 5 heteroatoms. The second-order valence-corrected chi connectivity index (χ2v) is 6.25. The Hall–Kier alpha value is -1.36.